The molecular formula is C27H28N4O3S. The second-order valence-electron chi connectivity index (χ2n) is 8.72. The largest absolute Gasteiger partial charge is 0.370 e. The number of sulfonamides is 1. The van der Waals surface area contributed by atoms with Gasteiger partial charge in [0.05, 0.1) is 16.5 Å². The van der Waals surface area contributed by atoms with Crippen molar-refractivity contribution in [2.45, 2.75) is 25.2 Å². The molecule has 180 valence electrons. The zero-order valence-corrected chi connectivity index (χ0v) is 20.7. The van der Waals surface area contributed by atoms with Gasteiger partial charge in [-0.25, -0.2) is 8.42 Å². The van der Waals surface area contributed by atoms with Crippen LogP contribution in [0, 0.1) is 25.2 Å². The number of benzene rings is 3. The minimum absolute atomic E-state index is 0.107. The van der Waals surface area contributed by atoms with E-state index in [-0.39, 0.29) is 10.8 Å². The van der Waals surface area contributed by atoms with Crippen molar-refractivity contribution >= 4 is 27.3 Å². The summed E-state index contributed by atoms with van der Waals surface area (Å²) in [7, 11) is -3.76. The molecule has 0 unspecified atom stereocenters. The number of hydrogen-bond donors (Lipinski definition) is 1. The van der Waals surface area contributed by atoms with Gasteiger partial charge in [-0.1, -0.05) is 6.07 Å². The normalized spacial score (nSPS) is 14.2. The molecule has 1 N–H and O–H groups in total. The maximum atomic E-state index is 13.1. The summed E-state index contributed by atoms with van der Waals surface area (Å²) in [5.74, 6) is -0.113. The van der Waals surface area contributed by atoms with Gasteiger partial charge in [0.1, 0.15) is 0 Å². The first kappa shape index (κ1) is 24.3. The molecule has 3 aromatic carbocycles. The highest BCUT2D eigenvalue weighted by Crippen LogP contribution is 2.21. The molecule has 0 saturated carbocycles. The van der Waals surface area contributed by atoms with Crippen molar-refractivity contribution in [3.05, 3.63) is 89.0 Å². The fraction of sp³-hybridized carbons (Fsp3) is 0.259. The zero-order chi connectivity index (χ0) is 25.0. The molecule has 1 fully saturated rings. The third-order valence-electron chi connectivity index (χ3n) is 6.32. The summed E-state index contributed by atoms with van der Waals surface area (Å²) in [6.07, 6.45) is 0.818. The van der Waals surface area contributed by atoms with E-state index in [2.05, 4.69) is 15.7 Å². The Labute approximate surface area is 206 Å². The lowest BCUT2D eigenvalue weighted by molar-refractivity contribution is 0.0767. The summed E-state index contributed by atoms with van der Waals surface area (Å²) in [5.41, 5.74) is 4.71. The number of carbonyl (C=O) groups is 1. The fourth-order valence-corrected chi connectivity index (χ4v) is 5.15. The van der Waals surface area contributed by atoms with E-state index in [1.165, 1.54) is 12.1 Å². The van der Waals surface area contributed by atoms with E-state index in [9.17, 15) is 13.2 Å². The van der Waals surface area contributed by atoms with E-state index < -0.39 is 10.0 Å². The van der Waals surface area contributed by atoms with Crippen LogP contribution in [0.3, 0.4) is 0 Å². The van der Waals surface area contributed by atoms with E-state index in [1.807, 2.05) is 32.0 Å². The average Bonchev–Trinajstić information content (AvgIpc) is 3.12. The van der Waals surface area contributed by atoms with E-state index in [1.54, 1.807) is 41.3 Å². The van der Waals surface area contributed by atoms with Crippen LogP contribution in [0.25, 0.3) is 0 Å². The van der Waals surface area contributed by atoms with Gasteiger partial charge >= 0.3 is 0 Å². The Kier molecular flexibility index (Phi) is 7.08. The standard InChI is InChI=1S/C27H28N4O3S/c1-20-4-9-24(18-21(20)2)29-35(33,34)26-12-7-23(8-13-26)27(32)31-15-3-14-30(16-17-31)25-10-5-22(19-28)6-11-25/h4-13,18,29H,3,14-17H2,1-2H3. The van der Waals surface area contributed by atoms with Crippen LogP contribution in [0.2, 0.25) is 0 Å². The van der Waals surface area contributed by atoms with Gasteiger partial charge in [-0.15, -0.1) is 0 Å². The molecule has 0 radical (unpaired) electrons. The Bertz CT molecular complexity index is 1360. The van der Waals surface area contributed by atoms with Gasteiger partial charge in [-0.2, -0.15) is 5.26 Å². The molecule has 1 aliphatic heterocycles. The molecule has 1 heterocycles. The highest BCUT2D eigenvalue weighted by Gasteiger charge is 2.22. The Morgan fingerprint density at radius 1 is 0.886 bits per heavy atom. The first-order valence-electron chi connectivity index (χ1n) is 11.5. The summed E-state index contributed by atoms with van der Waals surface area (Å²) in [5, 5.41) is 8.99. The van der Waals surface area contributed by atoms with Crippen LogP contribution >= 0.6 is 0 Å². The van der Waals surface area contributed by atoms with Gasteiger partial charge in [-0.05, 0) is 92.1 Å². The Morgan fingerprint density at radius 3 is 2.26 bits per heavy atom. The quantitative estimate of drug-likeness (QED) is 0.577. The van der Waals surface area contributed by atoms with Crippen LogP contribution < -0.4 is 9.62 Å². The van der Waals surface area contributed by atoms with Crippen LogP contribution in [-0.4, -0.2) is 45.4 Å². The number of nitrogens with one attached hydrogen (secondary N) is 1. The fourth-order valence-electron chi connectivity index (χ4n) is 4.10. The van der Waals surface area contributed by atoms with Crippen molar-refractivity contribution in [1.29, 1.82) is 5.26 Å². The predicted molar refractivity (Wildman–Crippen MR) is 137 cm³/mol. The smallest absolute Gasteiger partial charge is 0.261 e. The molecular weight excluding hydrogens is 460 g/mol. The first-order valence-corrected chi connectivity index (χ1v) is 13.0. The van der Waals surface area contributed by atoms with E-state index >= 15 is 0 Å². The minimum atomic E-state index is -3.76. The molecule has 4 rings (SSSR count). The van der Waals surface area contributed by atoms with Gasteiger partial charge < -0.3 is 9.80 Å². The Morgan fingerprint density at radius 2 is 1.60 bits per heavy atom. The lowest BCUT2D eigenvalue weighted by Crippen LogP contribution is -2.35. The van der Waals surface area contributed by atoms with Crippen molar-refractivity contribution in [3.8, 4) is 6.07 Å². The topological polar surface area (TPSA) is 93.5 Å². The molecule has 1 saturated heterocycles. The molecule has 8 heteroatoms. The summed E-state index contributed by atoms with van der Waals surface area (Å²) in [6, 6.07) is 21.1. The van der Waals surface area contributed by atoms with Crippen molar-refractivity contribution in [2.24, 2.45) is 0 Å². The molecule has 0 spiro atoms. The second kappa shape index (κ2) is 10.2. The number of nitrogens with zero attached hydrogens (tertiary/aromatic N) is 3. The molecule has 1 amide bonds. The van der Waals surface area contributed by atoms with Gasteiger partial charge in [0.2, 0.25) is 0 Å². The third-order valence-corrected chi connectivity index (χ3v) is 7.71. The number of rotatable bonds is 5. The van der Waals surface area contributed by atoms with Gasteiger partial charge in [0, 0.05) is 43.1 Å². The van der Waals surface area contributed by atoms with Gasteiger partial charge in [0.15, 0.2) is 0 Å². The Hall–Kier alpha value is -3.83. The number of amides is 1. The van der Waals surface area contributed by atoms with Crippen LogP contribution in [0.15, 0.2) is 71.6 Å². The van der Waals surface area contributed by atoms with E-state index in [0.29, 0.717) is 36.4 Å². The molecule has 0 aliphatic carbocycles. The number of anilines is 2. The van der Waals surface area contributed by atoms with Crippen molar-refractivity contribution in [1.82, 2.24) is 4.90 Å². The molecule has 0 aromatic heterocycles. The highest BCUT2D eigenvalue weighted by molar-refractivity contribution is 7.92. The van der Waals surface area contributed by atoms with Crippen molar-refractivity contribution in [3.63, 3.8) is 0 Å². The minimum Gasteiger partial charge on any atom is -0.370 e. The van der Waals surface area contributed by atoms with Crippen LogP contribution in [0.4, 0.5) is 11.4 Å². The van der Waals surface area contributed by atoms with Crippen molar-refractivity contribution in [2.75, 3.05) is 35.8 Å². The maximum Gasteiger partial charge on any atom is 0.261 e. The molecule has 0 bridgehead atoms. The highest BCUT2D eigenvalue weighted by atomic mass is 32.2. The zero-order valence-electron chi connectivity index (χ0n) is 19.9. The molecule has 1 aliphatic rings. The van der Waals surface area contributed by atoms with Crippen LogP contribution in [0.5, 0.6) is 0 Å². The number of aryl methyl sites for hydroxylation is 2. The second-order valence-corrected chi connectivity index (χ2v) is 10.4. The van der Waals surface area contributed by atoms with Crippen LogP contribution in [0.1, 0.15) is 33.5 Å². The van der Waals surface area contributed by atoms with Gasteiger partial charge in [-0.3, -0.25) is 9.52 Å². The molecule has 7 nitrogen and oxygen atoms in total. The lowest BCUT2D eigenvalue weighted by atomic mass is 10.1. The maximum absolute atomic E-state index is 13.1. The predicted octanol–water partition coefficient (Wildman–Crippen LogP) is 4.33. The molecule has 3 aromatic rings. The number of carbonyl (C=O) groups excluding carboxylic acids is 1. The summed E-state index contributed by atoms with van der Waals surface area (Å²) in [4.78, 5) is 17.2. The monoisotopic (exact) mass is 488 g/mol. The first-order chi connectivity index (χ1) is 16.8. The average molecular weight is 489 g/mol. The summed E-state index contributed by atoms with van der Waals surface area (Å²) in [6.45, 7) is 6.59. The summed E-state index contributed by atoms with van der Waals surface area (Å²) < 4.78 is 28.2. The Balaban J connectivity index is 1.41. The third kappa shape index (κ3) is 5.64. The molecule has 35 heavy (non-hydrogen) atoms. The SMILES string of the molecule is Cc1ccc(NS(=O)(=O)c2ccc(C(=O)N3CCCN(c4ccc(C#N)cc4)CC3)cc2)cc1C. The van der Waals surface area contributed by atoms with E-state index in [0.717, 1.165) is 29.8 Å². The van der Waals surface area contributed by atoms with E-state index in [4.69, 9.17) is 5.26 Å². The summed E-state index contributed by atoms with van der Waals surface area (Å²) >= 11 is 0. The van der Waals surface area contributed by atoms with Crippen molar-refractivity contribution < 1.29 is 13.2 Å². The number of nitriles is 1. The van der Waals surface area contributed by atoms with Gasteiger partial charge in [0.25, 0.3) is 15.9 Å². The van der Waals surface area contributed by atoms with Crippen LogP contribution in [-0.2, 0) is 10.0 Å². The lowest BCUT2D eigenvalue weighted by Gasteiger charge is -2.24. The number of hydrogen-bond acceptors (Lipinski definition) is 5. The molecule has 0 atom stereocenters.